The Morgan fingerprint density at radius 3 is 2.21 bits per heavy atom. The molecule has 0 bridgehead atoms. The quantitative estimate of drug-likeness (QED) is 0.388. The van der Waals surface area contributed by atoms with Crippen LogP contribution in [0.2, 0.25) is 5.02 Å². The lowest BCUT2D eigenvalue weighted by Crippen LogP contribution is -2.16. The van der Waals surface area contributed by atoms with Crippen molar-refractivity contribution in [3.63, 3.8) is 0 Å². The van der Waals surface area contributed by atoms with E-state index in [0.717, 1.165) is 33.6 Å². The molecule has 1 aromatic heterocycles. The van der Waals surface area contributed by atoms with Gasteiger partial charge >= 0.3 is 0 Å². The number of hydrogen-bond donors (Lipinski definition) is 1. The zero-order valence-corrected chi connectivity index (χ0v) is 20.2. The predicted molar refractivity (Wildman–Crippen MR) is 133 cm³/mol. The molecule has 3 aromatic carbocycles. The molecule has 0 saturated carbocycles. The maximum Gasteiger partial charge on any atom is 0.151 e. The fourth-order valence-corrected chi connectivity index (χ4v) is 4.67. The van der Waals surface area contributed by atoms with Crippen LogP contribution in [0.25, 0.3) is 28.1 Å². The van der Waals surface area contributed by atoms with E-state index in [1.54, 1.807) is 24.6 Å². The summed E-state index contributed by atoms with van der Waals surface area (Å²) in [4.78, 5) is 0. The second-order valence-electron chi connectivity index (χ2n) is 8.68. The highest BCUT2D eigenvalue weighted by Gasteiger charge is 2.23. The van der Waals surface area contributed by atoms with Crippen LogP contribution < -0.4 is 0 Å². The lowest BCUT2D eigenvalue weighted by molar-refractivity contribution is 0.0734. The van der Waals surface area contributed by atoms with Crippen molar-refractivity contribution in [1.29, 1.82) is 0 Å². The van der Waals surface area contributed by atoms with Gasteiger partial charge in [0.25, 0.3) is 0 Å². The summed E-state index contributed by atoms with van der Waals surface area (Å²) in [7, 11) is -3.10. The Bertz CT molecular complexity index is 1400. The smallest absolute Gasteiger partial charge is 0.151 e. The maximum atomic E-state index is 11.7. The van der Waals surface area contributed by atoms with Crippen LogP contribution in [0.1, 0.15) is 25.1 Å². The van der Waals surface area contributed by atoms with Crippen LogP contribution in [-0.2, 0) is 21.2 Å². The summed E-state index contributed by atoms with van der Waals surface area (Å²) in [5.41, 5.74) is 4.54. The summed E-state index contributed by atoms with van der Waals surface area (Å²) in [6, 6.07) is 24.8. The number of halogens is 1. The van der Waals surface area contributed by atoms with Crippen molar-refractivity contribution in [2.45, 2.75) is 25.2 Å². The molecular formula is C26H25ClN2O3S. The minimum atomic E-state index is -3.10. The molecule has 0 aliphatic carbocycles. The molecule has 0 amide bonds. The van der Waals surface area contributed by atoms with Crippen molar-refractivity contribution in [2.75, 3.05) is 6.26 Å². The van der Waals surface area contributed by atoms with Crippen molar-refractivity contribution < 1.29 is 13.5 Å². The van der Waals surface area contributed by atoms with Crippen LogP contribution in [0, 0.1) is 0 Å². The molecule has 0 aliphatic rings. The molecular weight excluding hydrogens is 456 g/mol. The van der Waals surface area contributed by atoms with E-state index < -0.39 is 15.4 Å². The van der Waals surface area contributed by atoms with Gasteiger partial charge in [-0.2, -0.15) is 5.10 Å². The molecule has 4 aromatic rings. The molecule has 7 heteroatoms. The highest BCUT2D eigenvalue weighted by molar-refractivity contribution is 7.89. The molecule has 1 heterocycles. The standard InChI is InChI=1S/C26H25ClN2O3S/c1-26(2,30)25-16-24(29(28-25)23-10-5-4-9-22(23)27)20-13-11-19(12-14-20)21-8-6-7-18(15-21)17-33(3,31)32/h4-16,30H,17H2,1-3H3. The Hall–Kier alpha value is -2.93. The lowest BCUT2D eigenvalue weighted by Gasteiger charge is -2.13. The number of sulfone groups is 1. The summed E-state index contributed by atoms with van der Waals surface area (Å²) in [6.07, 6.45) is 1.23. The molecule has 33 heavy (non-hydrogen) atoms. The molecule has 1 N–H and O–H groups in total. The van der Waals surface area contributed by atoms with Crippen molar-refractivity contribution >= 4 is 21.4 Å². The largest absolute Gasteiger partial charge is 0.384 e. The molecule has 0 aliphatic heterocycles. The van der Waals surface area contributed by atoms with Crippen LogP contribution in [0.15, 0.2) is 78.9 Å². The number of benzene rings is 3. The van der Waals surface area contributed by atoms with Gasteiger partial charge in [-0.25, -0.2) is 13.1 Å². The third kappa shape index (κ3) is 5.36. The van der Waals surface area contributed by atoms with Crippen molar-refractivity contribution in [3.05, 3.63) is 95.1 Å². The van der Waals surface area contributed by atoms with Gasteiger partial charge < -0.3 is 5.11 Å². The molecule has 0 fully saturated rings. The SMILES string of the molecule is CC(C)(O)c1cc(-c2ccc(-c3cccc(CS(C)(=O)=O)c3)cc2)n(-c2ccccc2Cl)n1. The number of rotatable bonds is 6. The summed E-state index contributed by atoms with van der Waals surface area (Å²) >= 11 is 6.44. The zero-order valence-electron chi connectivity index (χ0n) is 18.7. The average molecular weight is 481 g/mol. The van der Waals surface area contributed by atoms with Gasteiger partial charge in [0.2, 0.25) is 0 Å². The topological polar surface area (TPSA) is 72.2 Å². The summed E-state index contributed by atoms with van der Waals surface area (Å²) < 4.78 is 25.1. The first-order valence-electron chi connectivity index (χ1n) is 10.5. The molecule has 0 spiro atoms. The minimum absolute atomic E-state index is 0.00959. The van der Waals surface area contributed by atoms with E-state index in [2.05, 4.69) is 5.10 Å². The van der Waals surface area contributed by atoms with Gasteiger partial charge in [0.05, 0.1) is 27.9 Å². The van der Waals surface area contributed by atoms with Gasteiger partial charge in [-0.05, 0) is 48.7 Å². The van der Waals surface area contributed by atoms with E-state index in [-0.39, 0.29) is 5.75 Å². The molecule has 0 atom stereocenters. The van der Waals surface area contributed by atoms with Crippen LogP contribution in [-0.4, -0.2) is 29.6 Å². The van der Waals surface area contributed by atoms with Crippen LogP contribution in [0.3, 0.4) is 0 Å². The molecule has 5 nitrogen and oxygen atoms in total. The van der Waals surface area contributed by atoms with Crippen LogP contribution in [0.5, 0.6) is 0 Å². The van der Waals surface area contributed by atoms with E-state index in [1.165, 1.54) is 6.26 Å². The van der Waals surface area contributed by atoms with E-state index in [9.17, 15) is 13.5 Å². The van der Waals surface area contributed by atoms with Gasteiger partial charge in [-0.1, -0.05) is 72.3 Å². The van der Waals surface area contributed by atoms with Crippen molar-refractivity contribution in [1.82, 2.24) is 9.78 Å². The fourth-order valence-electron chi connectivity index (χ4n) is 3.67. The first-order valence-corrected chi connectivity index (χ1v) is 12.9. The van der Waals surface area contributed by atoms with Crippen molar-refractivity contribution in [3.8, 4) is 28.1 Å². The first-order chi connectivity index (χ1) is 15.5. The first kappa shape index (κ1) is 23.2. The Morgan fingerprint density at radius 2 is 1.58 bits per heavy atom. The van der Waals surface area contributed by atoms with E-state index >= 15 is 0 Å². The Balaban J connectivity index is 1.75. The van der Waals surface area contributed by atoms with E-state index in [1.807, 2.05) is 72.8 Å². The zero-order chi connectivity index (χ0) is 23.8. The van der Waals surface area contributed by atoms with E-state index in [0.29, 0.717) is 10.7 Å². The molecule has 0 unspecified atom stereocenters. The van der Waals surface area contributed by atoms with Gasteiger partial charge in [-0.3, -0.25) is 0 Å². The Kier molecular flexibility index (Phi) is 6.18. The summed E-state index contributed by atoms with van der Waals surface area (Å²) in [5, 5.41) is 15.7. The normalized spacial score (nSPS) is 12.2. The van der Waals surface area contributed by atoms with Gasteiger partial charge in [0.15, 0.2) is 9.84 Å². The Morgan fingerprint density at radius 1 is 0.909 bits per heavy atom. The van der Waals surface area contributed by atoms with Crippen LogP contribution in [0.4, 0.5) is 0 Å². The number of nitrogens with zero attached hydrogens (tertiary/aromatic N) is 2. The molecule has 170 valence electrons. The van der Waals surface area contributed by atoms with Gasteiger partial charge in [-0.15, -0.1) is 0 Å². The van der Waals surface area contributed by atoms with Gasteiger partial charge in [0, 0.05) is 11.8 Å². The minimum Gasteiger partial charge on any atom is -0.384 e. The number of hydrogen-bond acceptors (Lipinski definition) is 4. The van der Waals surface area contributed by atoms with Crippen LogP contribution >= 0.6 is 11.6 Å². The highest BCUT2D eigenvalue weighted by atomic mass is 35.5. The third-order valence-corrected chi connectivity index (χ3v) is 6.46. The average Bonchev–Trinajstić information content (AvgIpc) is 3.19. The third-order valence-electron chi connectivity index (χ3n) is 5.29. The maximum absolute atomic E-state index is 11.7. The lowest BCUT2D eigenvalue weighted by atomic mass is 10.00. The fraction of sp³-hybridized carbons (Fsp3) is 0.192. The second-order valence-corrected chi connectivity index (χ2v) is 11.2. The molecule has 0 saturated heterocycles. The molecule has 4 rings (SSSR count). The molecule has 0 radical (unpaired) electrons. The summed E-state index contributed by atoms with van der Waals surface area (Å²) in [6.45, 7) is 3.39. The number of aromatic nitrogens is 2. The predicted octanol–water partition coefficient (Wildman–Crippen LogP) is 5.63. The number of aliphatic hydroxyl groups is 1. The van der Waals surface area contributed by atoms with E-state index in [4.69, 9.17) is 11.6 Å². The second kappa shape index (κ2) is 8.78. The summed E-state index contributed by atoms with van der Waals surface area (Å²) in [5.74, 6) is 0.00959. The van der Waals surface area contributed by atoms with Gasteiger partial charge in [0.1, 0.15) is 5.60 Å². The highest BCUT2D eigenvalue weighted by Crippen LogP contribution is 2.32. The van der Waals surface area contributed by atoms with Crippen molar-refractivity contribution in [2.24, 2.45) is 0 Å². The number of para-hydroxylation sites is 1. The Labute approximate surface area is 199 Å². The monoisotopic (exact) mass is 480 g/mol.